The Bertz CT molecular complexity index is 713. The molecule has 7 nitrogen and oxygen atoms in total. The number of hydrogen-bond donors (Lipinski definition) is 4. The van der Waals surface area contributed by atoms with Crippen molar-refractivity contribution in [3.8, 4) is 0 Å². The van der Waals surface area contributed by atoms with Crippen LogP contribution in [0.5, 0.6) is 0 Å². The molecule has 24 heavy (non-hydrogen) atoms. The molecule has 1 aliphatic rings. The first-order valence-corrected chi connectivity index (χ1v) is 8.03. The van der Waals surface area contributed by atoms with E-state index in [-0.39, 0.29) is 16.9 Å². The maximum absolute atomic E-state index is 14.2. The third kappa shape index (κ3) is 4.17. The van der Waals surface area contributed by atoms with Gasteiger partial charge in [-0.15, -0.1) is 0 Å². The predicted molar refractivity (Wildman–Crippen MR) is 88.9 cm³/mol. The lowest BCUT2D eigenvalue weighted by atomic mass is 10.1. The molecule has 134 valence electrons. The van der Waals surface area contributed by atoms with Crippen LogP contribution in [0, 0.1) is 4.77 Å². The third-order valence-electron chi connectivity index (χ3n) is 3.76. The Morgan fingerprint density at radius 2 is 2.29 bits per heavy atom. The van der Waals surface area contributed by atoms with Crippen LogP contribution in [0.25, 0.3) is 0 Å². The summed E-state index contributed by atoms with van der Waals surface area (Å²) in [7, 11) is 0. The van der Waals surface area contributed by atoms with Crippen LogP contribution in [0.3, 0.4) is 0 Å². The highest BCUT2D eigenvalue weighted by Crippen LogP contribution is 2.31. The number of hydrogen-bond acceptors (Lipinski definition) is 6. The van der Waals surface area contributed by atoms with E-state index in [2.05, 4.69) is 10.3 Å². The zero-order valence-electron chi connectivity index (χ0n) is 13.5. The van der Waals surface area contributed by atoms with Crippen molar-refractivity contribution in [3.05, 3.63) is 38.5 Å². The minimum Gasteiger partial charge on any atom is -0.394 e. The number of halogens is 1. The summed E-state index contributed by atoms with van der Waals surface area (Å²) in [4.78, 5) is 14.5. The topological polar surface area (TPSA) is 99.5 Å². The molecule has 1 saturated heterocycles. The van der Waals surface area contributed by atoms with Crippen LogP contribution in [-0.4, -0.2) is 51.3 Å². The zero-order chi connectivity index (χ0) is 17.9. The fraction of sp³-hybridized carbons (Fsp3) is 0.600. The lowest BCUT2D eigenvalue weighted by Crippen LogP contribution is -2.31. The molecule has 0 aliphatic carbocycles. The van der Waals surface area contributed by atoms with Crippen LogP contribution >= 0.6 is 12.2 Å². The number of aliphatic hydroxyl groups excluding tert-OH is 2. The Labute approximate surface area is 143 Å². The summed E-state index contributed by atoms with van der Waals surface area (Å²) in [5.74, 6) is 0. The predicted octanol–water partition coefficient (Wildman–Crippen LogP) is 0.550. The fourth-order valence-electron chi connectivity index (χ4n) is 2.40. The van der Waals surface area contributed by atoms with Crippen LogP contribution in [0.2, 0.25) is 0 Å². The van der Waals surface area contributed by atoms with Gasteiger partial charge in [0.25, 0.3) is 5.56 Å². The first-order chi connectivity index (χ1) is 11.3. The molecule has 4 atom stereocenters. The smallest absolute Gasteiger partial charge is 0.256 e. The highest BCUT2D eigenvalue weighted by molar-refractivity contribution is 7.71. The second kappa shape index (κ2) is 8.13. The molecule has 2 heterocycles. The van der Waals surface area contributed by atoms with Gasteiger partial charge in [-0.05, 0) is 26.1 Å². The molecule has 0 bridgehead atoms. The Morgan fingerprint density at radius 1 is 1.58 bits per heavy atom. The lowest BCUT2D eigenvalue weighted by Gasteiger charge is -2.18. The number of H-pyrrole nitrogens is 1. The van der Waals surface area contributed by atoms with Gasteiger partial charge in [0.15, 0.2) is 17.2 Å². The summed E-state index contributed by atoms with van der Waals surface area (Å²) in [6.45, 7) is 4.29. The summed E-state index contributed by atoms with van der Waals surface area (Å²) in [6, 6.07) is 0. The second-order valence-corrected chi connectivity index (χ2v) is 6.30. The van der Waals surface area contributed by atoms with Crippen molar-refractivity contribution >= 4 is 12.2 Å². The molecule has 1 aliphatic heterocycles. The van der Waals surface area contributed by atoms with E-state index in [0.717, 1.165) is 5.57 Å². The molecule has 0 radical (unpaired) electrons. The van der Waals surface area contributed by atoms with Crippen LogP contribution in [0.15, 0.2) is 22.6 Å². The van der Waals surface area contributed by atoms with Gasteiger partial charge in [0, 0.05) is 24.8 Å². The van der Waals surface area contributed by atoms with E-state index in [0.29, 0.717) is 12.1 Å². The number of aliphatic hydroxyl groups is 2. The van der Waals surface area contributed by atoms with E-state index in [4.69, 9.17) is 22.1 Å². The zero-order valence-corrected chi connectivity index (χ0v) is 14.3. The number of ether oxygens (including phenoxy) is 1. The maximum atomic E-state index is 14.2. The van der Waals surface area contributed by atoms with Gasteiger partial charge in [0.1, 0.15) is 12.2 Å². The summed E-state index contributed by atoms with van der Waals surface area (Å²) < 4.78 is 20.8. The van der Waals surface area contributed by atoms with E-state index in [1.165, 1.54) is 10.8 Å². The highest BCUT2D eigenvalue weighted by atomic mass is 32.1. The monoisotopic (exact) mass is 359 g/mol. The molecule has 1 unspecified atom stereocenters. The Morgan fingerprint density at radius 3 is 2.88 bits per heavy atom. The molecule has 0 amide bonds. The number of aromatic nitrogens is 2. The number of nitrogens with zero attached hydrogens (tertiary/aromatic N) is 1. The van der Waals surface area contributed by atoms with Crippen LogP contribution in [-0.2, 0) is 11.3 Å². The average molecular weight is 359 g/mol. The summed E-state index contributed by atoms with van der Waals surface area (Å²) in [6.07, 6.45) is -2.04. The van der Waals surface area contributed by atoms with Gasteiger partial charge in [0.05, 0.1) is 6.61 Å². The normalized spacial score (nSPS) is 26.5. The minimum atomic E-state index is -1.76. The van der Waals surface area contributed by atoms with E-state index >= 15 is 0 Å². The average Bonchev–Trinajstić information content (AvgIpc) is 2.81. The van der Waals surface area contributed by atoms with Crippen molar-refractivity contribution in [1.29, 1.82) is 0 Å². The molecule has 2 rings (SSSR count). The molecular weight excluding hydrogens is 337 g/mol. The molecule has 1 aromatic rings. The van der Waals surface area contributed by atoms with E-state index in [1.54, 1.807) is 0 Å². The number of aromatic amines is 1. The van der Waals surface area contributed by atoms with Crippen molar-refractivity contribution < 1.29 is 19.3 Å². The van der Waals surface area contributed by atoms with Crippen LogP contribution < -0.4 is 10.9 Å². The first kappa shape index (κ1) is 18.9. The van der Waals surface area contributed by atoms with Crippen molar-refractivity contribution in [1.82, 2.24) is 14.9 Å². The first-order valence-electron chi connectivity index (χ1n) is 7.62. The van der Waals surface area contributed by atoms with Crippen molar-refractivity contribution in [2.24, 2.45) is 0 Å². The van der Waals surface area contributed by atoms with Gasteiger partial charge < -0.3 is 20.3 Å². The molecule has 1 fully saturated rings. The summed E-state index contributed by atoms with van der Waals surface area (Å²) >= 11 is 5.06. The molecule has 0 spiro atoms. The van der Waals surface area contributed by atoms with Gasteiger partial charge in [-0.25, -0.2) is 4.39 Å². The molecule has 0 aromatic carbocycles. The van der Waals surface area contributed by atoms with Gasteiger partial charge in [-0.3, -0.25) is 14.3 Å². The Kier molecular flexibility index (Phi) is 6.41. The van der Waals surface area contributed by atoms with Gasteiger partial charge in [-0.1, -0.05) is 11.6 Å². The fourth-order valence-corrected chi connectivity index (χ4v) is 2.65. The lowest BCUT2D eigenvalue weighted by molar-refractivity contribution is -0.0485. The molecule has 4 N–H and O–H groups in total. The number of rotatable bonds is 6. The molecular formula is C15H22FN3O4S. The van der Waals surface area contributed by atoms with Gasteiger partial charge in [-0.2, -0.15) is 0 Å². The quantitative estimate of drug-likeness (QED) is 0.336. The molecule has 0 saturated carbocycles. The van der Waals surface area contributed by atoms with E-state index in [9.17, 15) is 14.3 Å². The summed E-state index contributed by atoms with van der Waals surface area (Å²) in [5.41, 5.74) is 1.15. The van der Waals surface area contributed by atoms with Crippen molar-refractivity contribution in [3.63, 3.8) is 0 Å². The highest BCUT2D eigenvalue weighted by Gasteiger charge is 2.45. The Hall–Kier alpha value is -1.39. The third-order valence-corrected chi connectivity index (χ3v) is 4.07. The second-order valence-electron chi connectivity index (χ2n) is 5.92. The minimum absolute atomic E-state index is 0.00788. The summed E-state index contributed by atoms with van der Waals surface area (Å²) in [5, 5.41) is 21.9. The van der Waals surface area contributed by atoms with Crippen LogP contribution in [0.1, 0.15) is 25.6 Å². The standard InChI is InChI=1S/C15H22FN3O4S/c1-8(2)3-4-17-5-9-6-19(15(24)18-13(9)22)14-11(16)12(21)10(7-20)23-14/h3,6,10-12,14,17,20-21H,4-5,7H2,1-2H3,(H,18,22,24)/t10-,11+,12?,14-/m1/s1. The van der Waals surface area contributed by atoms with E-state index in [1.807, 2.05) is 19.9 Å². The van der Waals surface area contributed by atoms with Crippen LogP contribution in [0.4, 0.5) is 4.39 Å². The Balaban J connectivity index is 2.22. The van der Waals surface area contributed by atoms with Crippen molar-refractivity contribution in [2.45, 2.75) is 45.0 Å². The van der Waals surface area contributed by atoms with E-state index < -0.39 is 31.2 Å². The van der Waals surface area contributed by atoms with Crippen molar-refractivity contribution in [2.75, 3.05) is 13.2 Å². The maximum Gasteiger partial charge on any atom is 0.256 e. The SMILES string of the molecule is CC(C)=CCNCc1cn([C@@H]2O[C@H](CO)C(O)[C@@H]2F)c(=S)[nH]c1=O. The van der Waals surface area contributed by atoms with Gasteiger partial charge in [0.2, 0.25) is 0 Å². The van der Waals surface area contributed by atoms with Gasteiger partial charge >= 0.3 is 0 Å². The number of alkyl halides is 1. The number of allylic oxidation sites excluding steroid dienone is 1. The largest absolute Gasteiger partial charge is 0.394 e. The molecule has 1 aromatic heterocycles. The number of nitrogens with one attached hydrogen (secondary N) is 2. The molecule has 9 heteroatoms.